The van der Waals surface area contributed by atoms with E-state index in [9.17, 15) is 18.4 Å². The predicted molar refractivity (Wildman–Crippen MR) is 116 cm³/mol. The summed E-state index contributed by atoms with van der Waals surface area (Å²) >= 11 is 0. The zero-order valence-corrected chi connectivity index (χ0v) is 18.6. The number of morpholine rings is 1. The first-order valence-corrected chi connectivity index (χ1v) is 11.8. The molecule has 6 nitrogen and oxygen atoms in total. The number of likely N-dealkylation sites (tertiary alicyclic amines) is 1. The summed E-state index contributed by atoms with van der Waals surface area (Å²) < 4.78 is 32.6. The Balaban J connectivity index is 1.30. The van der Waals surface area contributed by atoms with E-state index < -0.39 is 17.5 Å². The summed E-state index contributed by atoms with van der Waals surface area (Å²) in [4.78, 5) is 29.6. The fourth-order valence-electron chi connectivity index (χ4n) is 5.43. The molecular formula is C24H33F2N3O3. The van der Waals surface area contributed by atoms with Gasteiger partial charge in [0.05, 0.1) is 18.8 Å². The Labute approximate surface area is 188 Å². The summed E-state index contributed by atoms with van der Waals surface area (Å²) in [5, 5.41) is 3.22. The molecule has 1 aromatic rings. The van der Waals surface area contributed by atoms with E-state index in [1.807, 2.05) is 0 Å². The Morgan fingerprint density at radius 3 is 2.38 bits per heavy atom. The lowest BCUT2D eigenvalue weighted by atomic mass is 9.79. The Kier molecular flexibility index (Phi) is 7.40. The molecule has 32 heavy (non-hydrogen) atoms. The molecule has 2 saturated heterocycles. The molecule has 1 saturated carbocycles. The van der Waals surface area contributed by atoms with Crippen molar-refractivity contribution in [1.29, 1.82) is 0 Å². The summed E-state index contributed by atoms with van der Waals surface area (Å²) in [6.45, 7) is 4.76. The third kappa shape index (κ3) is 5.12. The first-order chi connectivity index (χ1) is 15.5. The van der Waals surface area contributed by atoms with Gasteiger partial charge in [0.2, 0.25) is 5.91 Å². The summed E-state index contributed by atoms with van der Waals surface area (Å²) in [6.07, 6.45) is 6.92. The number of nitrogens with zero attached hydrogens (tertiary/aromatic N) is 2. The molecule has 2 amide bonds. The van der Waals surface area contributed by atoms with Gasteiger partial charge < -0.3 is 15.0 Å². The number of ether oxygens (including phenoxy) is 1. The second-order valence-electron chi connectivity index (χ2n) is 9.29. The standard InChI is InChI=1S/C24H33F2N3O3/c25-19-4-5-20(21(26)16-19)23(31)28-10-6-18(7-11-28)22(30)27-17-24(8-2-1-3-9-24)29-12-14-32-15-13-29/h4-5,16,18H,1-3,6-15,17H2,(H,27,30). The van der Waals surface area contributed by atoms with Gasteiger partial charge in [0.25, 0.3) is 5.91 Å². The summed E-state index contributed by atoms with van der Waals surface area (Å²) in [6, 6.07) is 3.00. The van der Waals surface area contributed by atoms with Gasteiger partial charge in [-0.15, -0.1) is 0 Å². The quantitative estimate of drug-likeness (QED) is 0.751. The van der Waals surface area contributed by atoms with Crippen LogP contribution in [0.25, 0.3) is 0 Å². The lowest BCUT2D eigenvalue weighted by molar-refractivity contribution is -0.127. The molecule has 0 atom stereocenters. The number of carbonyl (C=O) groups is 2. The van der Waals surface area contributed by atoms with E-state index in [-0.39, 0.29) is 22.9 Å². The number of rotatable bonds is 5. The highest BCUT2D eigenvalue weighted by Gasteiger charge is 2.39. The van der Waals surface area contributed by atoms with Crippen molar-refractivity contribution in [2.75, 3.05) is 45.9 Å². The zero-order valence-electron chi connectivity index (χ0n) is 18.6. The summed E-state index contributed by atoms with van der Waals surface area (Å²) in [5.41, 5.74) is -0.104. The number of hydrogen-bond donors (Lipinski definition) is 1. The SMILES string of the molecule is O=C(NCC1(N2CCOCC2)CCCCC1)C1CCN(C(=O)c2ccc(F)cc2F)CC1. The molecule has 1 aliphatic carbocycles. The van der Waals surface area contributed by atoms with E-state index in [1.165, 1.54) is 25.3 Å². The summed E-state index contributed by atoms with van der Waals surface area (Å²) in [7, 11) is 0. The molecule has 0 radical (unpaired) electrons. The fourth-order valence-corrected chi connectivity index (χ4v) is 5.43. The average molecular weight is 450 g/mol. The lowest BCUT2D eigenvalue weighted by Gasteiger charge is -2.48. The highest BCUT2D eigenvalue weighted by Crippen LogP contribution is 2.34. The van der Waals surface area contributed by atoms with Crippen LogP contribution in [-0.4, -0.2) is 73.1 Å². The van der Waals surface area contributed by atoms with Gasteiger partial charge in [-0.2, -0.15) is 0 Å². The molecule has 2 aliphatic heterocycles. The zero-order chi connectivity index (χ0) is 22.6. The maximum atomic E-state index is 14.0. The average Bonchev–Trinajstić information content (AvgIpc) is 2.83. The lowest BCUT2D eigenvalue weighted by Crippen LogP contribution is -2.60. The molecule has 1 aromatic carbocycles. The number of nitrogens with one attached hydrogen (secondary N) is 1. The van der Waals surface area contributed by atoms with Gasteiger partial charge in [-0.3, -0.25) is 14.5 Å². The van der Waals surface area contributed by atoms with Gasteiger partial charge in [0, 0.05) is 50.2 Å². The van der Waals surface area contributed by atoms with E-state index in [4.69, 9.17) is 4.74 Å². The minimum absolute atomic E-state index is 0.0223. The van der Waals surface area contributed by atoms with Crippen LogP contribution in [0.2, 0.25) is 0 Å². The largest absolute Gasteiger partial charge is 0.379 e. The number of halogens is 2. The van der Waals surface area contributed by atoms with Crippen molar-refractivity contribution >= 4 is 11.8 Å². The monoisotopic (exact) mass is 449 g/mol. The van der Waals surface area contributed by atoms with Crippen molar-refractivity contribution in [3.05, 3.63) is 35.4 Å². The molecule has 3 aliphatic rings. The van der Waals surface area contributed by atoms with Crippen LogP contribution in [0.5, 0.6) is 0 Å². The van der Waals surface area contributed by atoms with Crippen LogP contribution >= 0.6 is 0 Å². The van der Waals surface area contributed by atoms with E-state index in [0.717, 1.165) is 51.3 Å². The molecule has 176 valence electrons. The van der Waals surface area contributed by atoms with Crippen LogP contribution < -0.4 is 5.32 Å². The Morgan fingerprint density at radius 1 is 1.03 bits per heavy atom. The minimum Gasteiger partial charge on any atom is -0.379 e. The molecule has 2 heterocycles. The highest BCUT2D eigenvalue weighted by atomic mass is 19.1. The van der Waals surface area contributed by atoms with Crippen molar-refractivity contribution in [3.8, 4) is 0 Å². The Hall–Kier alpha value is -2.06. The second kappa shape index (κ2) is 10.3. The predicted octanol–water partition coefficient (Wildman–Crippen LogP) is 2.97. The van der Waals surface area contributed by atoms with Crippen LogP contribution in [-0.2, 0) is 9.53 Å². The van der Waals surface area contributed by atoms with E-state index >= 15 is 0 Å². The van der Waals surface area contributed by atoms with Crippen molar-refractivity contribution in [2.24, 2.45) is 5.92 Å². The molecule has 0 unspecified atom stereocenters. The van der Waals surface area contributed by atoms with Crippen molar-refractivity contribution in [1.82, 2.24) is 15.1 Å². The molecule has 3 fully saturated rings. The van der Waals surface area contributed by atoms with Gasteiger partial charge in [0.15, 0.2) is 0 Å². The highest BCUT2D eigenvalue weighted by molar-refractivity contribution is 5.94. The molecule has 0 bridgehead atoms. The number of piperidine rings is 1. The minimum atomic E-state index is -0.851. The third-order valence-corrected chi connectivity index (χ3v) is 7.37. The Morgan fingerprint density at radius 2 is 1.72 bits per heavy atom. The van der Waals surface area contributed by atoms with Crippen LogP contribution in [0.15, 0.2) is 18.2 Å². The van der Waals surface area contributed by atoms with Crippen molar-refractivity contribution in [3.63, 3.8) is 0 Å². The maximum absolute atomic E-state index is 14.0. The number of hydrogen-bond acceptors (Lipinski definition) is 4. The molecule has 0 spiro atoms. The van der Waals surface area contributed by atoms with Crippen LogP contribution in [0.3, 0.4) is 0 Å². The molecule has 8 heteroatoms. The molecule has 1 N–H and O–H groups in total. The first kappa shape index (κ1) is 23.1. The normalized spacial score (nSPS) is 22.5. The van der Waals surface area contributed by atoms with Crippen LogP contribution in [0.4, 0.5) is 8.78 Å². The van der Waals surface area contributed by atoms with E-state index in [2.05, 4.69) is 10.2 Å². The van der Waals surface area contributed by atoms with Gasteiger partial charge in [0.1, 0.15) is 11.6 Å². The van der Waals surface area contributed by atoms with Gasteiger partial charge in [-0.05, 0) is 37.8 Å². The van der Waals surface area contributed by atoms with Crippen molar-refractivity contribution < 1.29 is 23.1 Å². The number of carbonyl (C=O) groups excluding carboxylic acids is 2. The summed E-state index contributed by atoms with van der Waals surface area (Å²) in [5.74, 6) is -2.11. The van der Waals surface area contributed by atoms with E-state index in [1.54, 1.807) is 4.90 Å². The number of benzene rings is 1. The fraction of sp³-hybridized carbons (Fsp3) is 0.667. The van der Waals surface area contributed by atoms with Crippen LogP contribution in [0.1, 0.15) is 55.3 Å². The first-order valence-electron chi connectivity index (χ1n) is 11.8. The van der Waals surface area contributed by atoms with Crippen molar-refractivity contribution in [2.45, 2.75) is 50.5 Å². The molecular weight excluding hydrogens is 416 g/mol. The maximum Gasteiger partial charge on any atom is 0.256 e. The Bertz CT molecular complexity index is 815. The smallest absolute Gasteiger partial charge is 0.256 e. The van der Waals surface area contributed by atoms with Gasteiger partial charge in [-0.1, -0.05) is 19.3 Å². The topological polar surface area (TPSA) is 61.9 Å². The second-order valence-corrected chi connectivity index (χ2v) is 9.29. The van der Waals surface area contributed by atoms with E-state index in [0.29, 0.717) is 32.5 Å². The third-order valence-electron chi connectivity index (χ3n) is 7.37. The molecule has 0 aromatic heterocycles. The number of amides is 2. The van der Waals surface area contributed by atoms with Crippen LogP contribution in [0, 0.1) is 17.6 Å². The van der Waals surface area contributed by atoms with Gasteiger partial charge >= 0.3 is 0 Å². The molecule has 4 rings (SSSR count). The van der Waals surface area contributed by atoms with Gasteiger partial charge in [-0.25, -0.2) is 8.78 Å².